The van der Waals surface area contributed by atoms with Crippen LogP contribution in [0.3, 0.4) is 0 Å². The van der Waals surface area contributed by atoms with Gasteiger partial charge in [0.2, 0.25) is 0 Å². The summed E-state index contributed by atoms with van der Waals surface area (Å²) in [4.78, 5) is 4.16. The van der Waals surface area contributed by atoms with Gasteiger partial charge >= 0.3 is 0 Å². The molecule has 0 aromatic carbocycles. The second-order valence-electron chi connectivity index (χ2n) is 4.50. The molecule has 1 unspecified atom stereocenters. The summed E-state index contributed by atoms with van der Waals surface area (Å²) in [6, 6.07) is 4.46. The lowest BCUT2D eigenvalue weighted by Gasteiger charge is -2.28. The van der Waals surface area contributed by atoms with Crippen molar-refractivity contribution in [2.45, 2.75) is 25.7 Å². The van der Waals surface area contributed by atoms with E-state index < -0.39 is 0 Å². The summed E-state index contributed by atoms with van der Waals surface area (Å²) in [5.74, 6) is 0.773. The van der Waals surface area contributed by atoms with E-state index >= 15 is 0 Å². The third-order valence-corrected chi connectivity index (χ3v) is 4.48. The topological polar surface area (TPSA) is 15.3 Å². The largest absolute Gasteiger partial charge is 0.314 e. The molecule has 1 fully saturated rings. The average molecular weight is 238 g/mol. The molecule has 90 valence electrons. The summed E-state index contributed by atoms with van der Waals surface area (Å²) in [5.41, 5.74) is 0. The molecule has 1 saturated heterocycles. The van der Waals surface area contributed by atoms with Gasteiger partial charge in [-0.1, -0.05) is 13.0 Å². The van der Waals surface area contributed by atoms with E-state index in [2.05, 4.69) is 34.7 Å². The molecule has 0 saturated carbocycles. The van der Waals surface area contributed by atoms with Crippen LogP contribution < -0.4 is 5.32 Å². The van der Waals surface area contributed by atoms with Crippen molar-refractivity contribution >= 4 is 11.3 Å². The maximum Gasteiger partial charge on any atom is 0.0107 e. The third kappa shape index (κ3) is 3.30. The van der Waals surface area contributed by atoms with E-state index in [1.54, 1.807) is 4.88 Å². The molecule has 3 heteroatoms. The van der Waals surface area contributed by atoms with Crippen LogP contribution >= 0.6 is 11.3 Å². The summed E-state index contributed by atoms with van der Waals surface area (Å²) in [5, 5.41) is 5.60. The summed E-state index contributed by atoms with van der Waals surface area (Å²) in [6.45, 7) is 8.34. The molecule has 0 bridgehead atoms. The van der Waals surface area contributed by atoms with Crippen molar-refractivity contribution < 1.29 is 0 Å². The van der Waals surface area contributed by atoms with Gasteiger partial charge in [0.05, 0.1) is 0 Å². The van der Waals surface area contributed by atoms with Crippen LogP contribution in [0.4, 0.5) is 0 Å². The van der Waals surface area contributed by atoms with Gasteiger partial charge in [0.25, 0.3) is 0 Å². The van der Waals surface area contributed by atoms with Gasteiger partial charge in [-0.2, -0.15) is 0 Å². The quantitative estimate of drug-likeness (QED) is 0.848. The van der Waals surface area contributed by atoms with Gasteiger partial charge in [0.1, 0.15) is 0 Å². The Balaban J connectivity index is 1.78. The van der Waals surface area contributed by atoms with Crippen LogP contribution in [0.5, 0.6) is 0 Å². The molecule has 0 spiro atoms. The van der Waals surface area contributed by atoms with E-state index in [1.807, 2.05) is 11.3 Å². The number of nitrogens with zero attached hydrogens (tertiary/aromatic N) is 1. The first kappa shape index (κ1) is 12.1. The lowest BCUT2D eigenvalue weighted by Crippen LogP contribution is -2.43. The lowest BCUT2D eigenvalue weighted by molar-refractivity contribution is 0.232. The summed E-state index contributed by atoms with van der Waals surface area (Å²) >= 11 is 1.91. The van der Waals surface area contributed by atoms with Crippen LogP contribution in [0.2, 0.25) is 0 Å². The Morgan fingerprint density at radius 1 is 1.44 bits per heavy atom. The Kier molecular flexibility index (Phi) is 4.82. The Morgan fingerprint density at radius 2 is 2.25 bits per heavy atom. The second kappa shape index (κ2) is 6.38. The molecule has 1 aromatic heterocycles. The number of thiophene rings is 1. The molecule has 0 radical (unpaired) electrons. The zero-order chi connectivity index (χ0) is 11.2. The molecular weight excluding hydrogens is 216 g/mol. The molecule has 0 aliphatic carbocycles. The van der Waals surface area contributed by atoms with E-state index in [0.29, 0.717) is 0 Å². The molecule has 1 atom stereocenters. The highest BCUT2D eigenvalue weighted by atomic mass is 32.1. The highest BCUT2D eigenvalue weighted by Gasteiger charge is 2.14. The fraction of sp³-hybridized carbons (Fsp3) is 0.692. The number of rotatable bonds is 5. The Morgan fingerprint density at radius 3 is 2.88 bits per heavy atom. The standard InChI is InChI=1S/C13H22N2S/c1-2-12(13-4-3-11-16-13)5-8-15-9-6-14-7-10-15/h3-4,11-12,14H,2,5-10H2,1H3. The SMILES string of the molecule is CCC(CCN1CCNCC1)c1cccs1. The van der Waals surface area contributed by atoms with E-state index in [1.165, 1.54) is 32.5 Å². The molecule has 0 amide bonds. The van der Waals surface area contributed by atoms with Crippen LogP contribution in [-0.4, -0.2) is 37.6 Å². The van der Waals surface area contributed by atoms with Crippen molar-refractivity contribution in [3.8, 4) is 0 Å². The zero-order valence-electron chi connectivity index (χ0n) is 10.1. The van der Waals surface area contributed by atoms with Crippen LogP contribution in [0.1, 0.15) is 30.6 Å². The lowest BCUT2D eigenvalue weighted by atomic mass is 10.00. The van der Waals surface area contributed by atoms with Crippen LogP contribution in [0.15, 0.2) is 17.5 Å². The van der Waals surface area contributed by atoms with Crippen molar-refractivity contribution in [3.05, 3.63) is 22.4 Å². The van der Waals surface area contributed by atoms with Gasteiger partial charge in [-0.3, -0.25) is 0 Å². The minimum absolute atomic E-state index is 0.773. The Bertz CT molecular complexity index is 278. The van der Waals surface area contributed by atoms with Gasteiger partial charge in [-0.15, -0.1) is 11.3 Å². The maximum absolute atomic E-state index is 3.40. The predicted octanol–water partition coefficient (Wildman–Crippen LogP) is 2.54. The summed E-state index contributed by atoms with van der Waals surface area (Å²) in [7, 11) is 0. The van der Waals surface area contributed by atoms with Crippen molar-refractivity contribution in [3.63, 3.8) is 0 Å². The smallest absolute Gasteiger partial charge is 0.0107 e. The third-order valence-electron chi connectivity index (χ3n) is 3.44. The second-order valence-corrected chi connectivity index (χ2v) is 5.48. The van der Waals surface area contributed by atoms with E-state index in [4.69, 9.17) is 0 Å². The van der Waals surface area contributed by atoms with E-state index in [-0.39, 0.29) is 0 Å². The number of hydrogen-bond donors (Lipinski definition) is 1. The van der Waals surface area contributed by atoms with E-state index in [0.717, 1.165) is 19.0 Å². The fourth-order valence-electron chi connectivity index (χ4n) is 2.34. The average Bonchev–Trinajstić information content (AvgIpc) is 2.85. The minimum Gasteiger partial charge on any atom is -0.314 e. The minimum atomic E-state index is 0.773. The molecule has 2 rings (SSSR count). The molecule has 2 nitrogen and oxygen atoms in total. The predicted molar refractivity (Wildman–Crippen MR) is 71.3 cm³/mol. The van der Waals surface area contributed by atoms with Gasteiger partial charge in [-0.05, 0) is 36.8 Å². The first-order valence-electron chi connectivity index (χ1n) is 6.36. The zero-order valence-corrected chi connectivity index (χ0v) is 10.9. The molecular formula is C13H22N2S. The van der Waals surface area contributed by atoms with Crippen molar-refractivity contribution in [1.29, 1.82) is 0 Å². The van der Waals surface area contributed by atoms with E-state index in [9.17, 15) is 0 Å². The highest BCUT2D eigenvalue weighted by Crippen LogP contribution is 2.27. The fourth-order valence-corrected chi connectivity index (χ4v) is 3.29. The van der Waals surface area contributed by atoms with Gasteiger partial charge in [0, 0.05) is 31.1 Å². The van der Waals surface area contributed by atoms with Crippen LogP contribution in [0, 0.1) is 0 Å². The summed E-state index contributed by atoms with van der Waals surface area (Å²) in [6.07, 6.45) is 2.59. The normalized spacial score (nSPS) is 19.8. The maximum atomic E-state index is 3.40. The highest BCUT2D eigenvalue weighted by molar-refractivity contribution is 7.10. The molecule has 1 aromatic rings. The van der Waals surface area contributed by atoms with Gasteiger partial charge < -0.3 is 10.2 Å². The Hall–Kier alpha value is -0.380. The molecule has 2 heterocycles. The molecule has 1 aliphatic heterocycles. The molecule has 16 heavy (non-hydrogen) atoms. The van der Waals surface area contributed by atoms with Crippen molar-refractivity contribution in [2.75, 3.05) is 32.7 Å². The number of hydrogen-bond acceptors (Lipinski definition) is 3. The van der Waals surface area contributed by atoms with Crippen LogP contribution in [0.25, 0.3) is 0 Å². The summed E-state index contributed by atoms with van der Waals surface area (Å²) < 4.78 is 0. The van der Waals surface area contributed by atoms with Gasteiger partial charge in [-0.25, -0.2) is 0 Å². The Labute approximate surface area is 103 Å². The van der Waals surface area contributed by atoms with Crippen molar-refractivity contribution in [2.24, 2.45) is 0 Å². The molecule has 1 aliphatic rings. The number of piperazine rings is 1. The van der Waals surface area contributed by atoms with Gasteiger partial charge in [0.15, 0.2) is 0 Å². The monoisotopic (exact) mass is 238 g/mol. The van der Waals surface area contributed by atoms with Crippen molar-refractivity contribution in [1.82, 2.24) is 10.2 Å². The first-order chi connectivity index (χ1) is 7.90. The molecule has 1 N–H and O–H groups in total. The van der Waals surface area contributed by atoms with Crippen LogP contribution in [-0.2, 0) is 0 Å². The first-order valence-corrected chi connectivity index (χ1v) is 7.24. The number of nitrogens with one attached hydrogen (secondary N) is 1.